The second-order valence-electron chi connectivity index (χ2n) is 4.22. The van der Waals surface area contributed by atoms with Crippen LogP contribution in [0, 0.1) is 0 Å². The van der Waals surface area contributed by atoms with E-state index in [2.05, 4.69) is 10.3 Å². The summed E-state index contributed by atoms with van der Waals surface area (Å²) in [6.45, 7) is 2.20. The van der Waals surface area contributed by atoms with Crippen LogP contribution in [0.2, 0.25) is 0 Å². The third kappa shape index (κ3) is 2.94. The molecular weight excluding hydrogens is 230 g/mol. The van der Waals surface area contributed by atoms with E-state index in [1.165, 1.54) is 0 Å². The van der Waals surface area contributed by atoms with Gasteiger partial charge in [-0.1, -0.05) is 42.5 Å². The molecule has 5 heteroatoms. The molecule has 0 fully saturated rings. The van der Waals surface area contributed by atoms with Crippen molar-refractivity contribution < 1.29 is 10.2 Å². The molecule has 1 aromatic carbocycles. The van der Waals surface area contributed by atoms with Crippen molar-refractivity contribution in [3.63, 3.8) is 0 Å². The number of aliphatic hydroxyl groups is 2. The smallest absolute Gasteiger partial charge is 0.111 e. The average molecular weight is 247 g/mol. The normalized spacial score (nSPS) is 14.4. The Bertz CT molecular complexity index is 484. The molecule has 0 amide bonds. The van der Waals surface area contributed by atoms with Crippen molar-refractivity contribution in [3.8, 4) is 0 Å². The first kappa shape index (κ1) is 12.7. The molecule has 0 spiro atoms. The van der Waals surface area contributed by atoms with Gasteiger partial charge in [-0.25, -0.2) is 4.68 Å². The molecule has 2 aromatic rings. The molecule has 0 aliphatic heterocycles. The van der Waals surface area contributed by atoms with E-state index in [1.807, 2.05) is 37.3 Å². The van der Waals surface area contributed by atoms with Gasteiger partial charge >= 0.3 is 0 Å². The van der Waals surface area contributed by atoms with Gasteiger partial charge in [0, 0.05) is 0 Å². The summed E-state index contributed by atoms with van der Waals surface area (Å²) >= 11 is 0. The van der Waals surface area contributed by atoms with Gasteiger partial charge in [-0.15, -0.1) is 5.10 Å². The van der Waals surface area contributed by atoms with Crippen molar-refractivity contribution in [1.29, 1.82) is 0 Å². The molecule has 1 heterocycles. The minimum atomic E-state index is -0.625. The van der Waals surface area contributed by atoms with Crippen LogP contribution in [0.5, 0.6) is 0 Å². The van der Waals surface area contributed by atoms with Crippen LogP contribution in [0.1, 0.15) is 36.8 Å². The van der Waals surface area contributed by atoms with Gasteiger partial charge < -0.3 is 10.2 Å². The third-order valence-corrected chi connectivity index (χ3v) is 2.83. The van der Waals surface area contributed by atoms with Crippen LogP contribution in [0.15, 0.2) is 36.5 Å². The molecular formula is C13H17N3O2. The van der Waals surface area contributed by atoms with Crippen molar-refractivity contribution in [2.45, 2.75) is 32.1 Å². The maximum Gasteiger partial charge on any atom is 0.111 e. The number of hydrogen-bond donors (Lipinski definition) is 2. The van der Waals surface area contributed by atoms with E-state index in [4.69, 9.17) is 0 Å². The van der Waals surface area contributed by atoms with Crippen LogP contribution in [0.4, 0.5) is 0 Å². The molecule has 18 heavy (non-hydrogen) atoms. The zero-order chi connectivity index (χ0) is 13.0. The topological polar surface area (TPSA) is 71.2 Å². The average Bonchev–Trinajstić information content (AvgIpc) is 2.87. The molecule has 2 unspecified atom stereocenters. The molecule has 1 aromatic heterocycles. The minimum Gasteiger partial charge on any atom is -0.387 e. The Balaban J connectivity index is 2.03. The maximum atomic E-state index is 10.0. The molecule has 2 rings (SSSR count). The molecule has 0 saturated heterocycles. The Labute approximate surface area is 106 Å². The molecule has 0 bridgehead atoms. The summed E-state index contributed by atoms with van der Waals surface area (Å²) in [7, 11) is 0. The summed E-state index contributed by atoms with van der Waals surface area (Å²) in [6, 6.07) is 9.40. The zero-order valence-corrected chi connectivity index (χ0v) is 10.3. The van der Waals surface area contributed by atoms with Gasteiger partial charge in [0.1, 0.15) is 5.69 Å². The van der Waals surface area contributed by atoms with Crippen molar-refractivity contribution in [2.75, 3.05) is 0 Å². The number of benzene rings is 1. The highest BCUT2D eigenvalue weighted by Crippen LogP contribution is 2.16. The molecule has 2 atom stereocenters. The predicted molar refractivity (Wildman–Crippen MR) is 66.7 cm³/mol. The van der Waals surface area contributed by atoms with E-state index in [9.17, 15) is 10.2 Å². The second-order valence-corrected chi connectivity index (χ2v) is 4.22. The van der Waals surface area contributed by atoms with Gasteiger partial charge in [-0.05, 0) is 12.0 Å². The van der Waals surface area contributed by atoms with E-state index >= 15 is 0 Å². The van der Waals surface area contributed by atoms with Crippen molar-refractivity contribution >= 4 is 0 Å². The summed E-state index contributed by atoms with van der Waals surface area (Å²) in [4.78, 5) is 0. The van der Waals surface area contributed by atoms with Crippen LogP contribution in [0.25, 0.3) is 0 Å². The Kier molecular flexibility index (Phi) is 4.07. The van der Waals surface area contributed by atoms with Crippen LogP contribution in [-0.2, 0) is 6.54 Å². The molecule has 5 nitrogen and oxygen atoms in total. The third-order valence-electron chi connectivity index (χ3n) is 2.83. The quantitative estimate of drug-likeness (QED) is 0.839. The van der Waals surface area contributed by atoms with Gasteiger partial charge in [0.25, 0.3) is 0 Å². The lowest BCUT2D eigenvalue weighted by atomic mass is 10.1. The summed E-state index contributed by atoms with van der Waals surface area (Å²) < 4.78 is 1.55. The Hall–Kier alpha value is -1.72. The highest BCUT2D eigenvalue weighted by Gasteiger charge is 2.12. The molecule has 0 aliphatic rings. The summed E-state index contributed by atoms with van der Waals surface area (Å²) in [5, 5.41) is 27.4. The van der Waals surface area contributed by atoms with E-state index in [0.29, 0.717) is 18.7 Å². The van der Waals surface area contributed by atoms with E-state index in [1.54, 1.807) is 10.9 Å². The van der Waals surface area contributed by atoms with Gasteiger partial charge in [0.05, 0.1) is 24.9 Å². The van der Waals surface area contributed by atoms with Crippen LogP contribution in [-0.4, -0.2) is 25.2 Å². The molecule has 96 valence electrons. The van der Waals surface area contributed by atoms with Crippen molar-refractivity contribution in [1.82, 2.24) is 15.0 Å². The fourth-order valence-electron chi connectivity index (χ4n) is 1.72. The Morgan fingerprint density at radius 3 is 2.56 bits per heavy atom. The summed E-state index contributed by atoms with van der Waals surface area (Å²) in [5.74, 6) is 0. The first-order valence-electron chi connectivity index (χ1n) is 6.01. The summed E-state index contributed by atoms with van der Waals surface area (Å²) in [6.07, 6.45) is 1.05. The second kappa shape index (κ2) is 5.75. The van der Waals surface area contributed by atoms with Crippen molar-refractivity contribution in [2.24, 2.45) is 0 Å². The zero-order valence-electron chi connectivity index (χ0n) is 10.3. The lowest BCUT2D eigenvalue weighted by Gasteiger charge is -2.10. The number of hydrogen-bond acceptors (Lipinski definition) is 4. The highest BCUT2D eigenvalue weighted by atomic mass is 16.3. The monoisotopic (exact) mass is 247 g/mol. The highest BCUT2D eigenvalue weighted by molar-refractivity contribution is 5.17. The fourth-order valence-corrected chi connectivity index (χ4v) is 1.72. The van der Waals surface area contributed by atoms with Gasteiger partial charge in [0.2, 0.25) is 0 Å². The molecule has 0 radical (unpaired) electrons. The van der Waals surface area contributed by atoms with Crippen LogP contribution < -0.4 is 0 Å². The lowest BCUT2D eigenvalue weighted by Crippen LogP contribution is -2.09. The van der Waals surface area contributed by atoms with Gasteiger partial charge in [-0.3, -0.25) is 0 Å². The van der Waals surface area contributed by atoms with Crippen molar-refractivity contribution in [3.05, 3.63) is 47.8 Å². The Morgan fingerprint density at radius 2 is 1.89 bits per heavy atom. The number of nitrogens with zero attached hydrogens (tertiary/aromatic N) is 3. The Morgan fingerprint density at radius 1 is 1.17 bits per heavy atom. The SMILES string of the molecule is CCC(O)c1cn(CC(O)c2ccccc2)nn1. The number of rotatable bonds is 5. The standard InChI is InChI=1S/C13H17N3O2/c1-2-12(17)11-8-16(15-14-11)9-13(18)10-6-4-3-5-7-10/h3-8,12-13,17-18H,2,9H2,1H3. The van der Waals surface area contributed by atoms with Crippen LogP contribution in [0.3, 0.4) is 0 Å². The number of aromatic nitrogens is 3. The first-order valence-corrected chi connectivity index (χ1v) is 6.01. The minimum absolute atomic E-state index is 0.327. The van der Waals surface area contributed by atoms with E-state index < -0.39 is 12.2 Å². The summed E-state index contributed by atoms with van der Waals surface area (Å²) in [5.41, 5.74) is 1.38. The fraction of sp³-hybridized carbons (Fsp3) is 0.385. The van der Waals surface area contributed by atoms with Crippen LogP contribution >= 0.6 is 0 Å². The van der Waals surface area contributed by atoms with Gasteiger partial charge in [-0.2, -0.15) is 0 Å². The van der Waals surface area contributed by atoms with E-state index in [0.717, 1.165) is 5.56 Å². The molecule has 0 saturated carbocycles. The van der Waals surface area contributed by atoms with Gasteiger partial charge in [0.15, 0.2) is 0 Å². The number of aliphatic hydroxyl groups excluding tert-OH is 2. The molecule has 2 N–H and O–H groups in total. The predicted octanol–water partition coefficient (Wildman–Crippen LogP) is 1.46. The maximum absolute atomic E-state index is 10.0. The van der Waals surface area contributed by atoms with E-state index in [-0.39, 0.29) is 0 Å². The largest absolute Gasteiger partial charge is 0.387 e. The first-order chi connectivity index (χ1) is 8.70. The molecule has 0 aliphatic carbocycles. The lowest BCUT2D eigenvalue weighted by molar-refractivity contribution is 0.150.